The van der Waals surface area contributed by atoms with Gasteiger partial charge in [-0.05, 0) is 42.7 Å². The second-order valence-corrected chi connectivity index (χ2v) is 5.97. The van der Waals surface area contributed by atoms with Crippen molar-refractivity contribution in [3.8, 4) is 5.75 Å². The van der Waals surface area contributed by atoms with Crippen LogP contribution in [0.15, 0.2) is 18.2 Å². The van der Waals surface area contributed by atoms with Gasteiger partial charge in [-0.25, -0.2) is 0 Å². The molecule has 1 aromatic carbocycles. The number of rotatable bonds is 7. The minimum Gasteiger partial charge on any atom is -0.491 e. The van der Waals surface area contributed by atoms with Gasteiger partial charge in [0.1, 0.15) is 5.75 Å². The third-order valence-corrected chi connectivity index (χ3v) is 4.24. The van der Waals surface area contributed by atoms with Gasteiger partial charge < -0.3 is 15.8 Å². The zero-order valence-electron chi connectivity index (χ0n) is 12.3. The van der Waals surface area contributed by atoms with Crippen molar-refractivity contribution in [3.63, 3.8) is 0 Å². The largest absolute Gasteiger partial charge is 0.491 e. The van der Waals surface area contributed by atoms with E-state index in [4.69, 9.17) is 10.5 Å². The first kappa shape index (κ1) is 14.0. The van der Waals surface area contributed by atoms with Crippen LogP contribution in [0.5, 0.6) is 5.75 Å². The number of benzene rings is 1. The van der Waals surface area contributed by atoms with E-state index in [2.05, 4.69) is 26.1 Å². The molecule has 1 saturated carbocycles. The molecule has 0 saturated heterocycles. The summed E-state index contributed by atoms with van der Waals surface area (Å²) in [6, 6.07) is 5.97. The summed E-state index contributed by atoms with van der Waals surface area (Å²) in [5, 5.41) is 3.54. The number of hydrogen-bond acceptors (Lipinski definition) is 3. The molecule has 3 N–H and O–H groups in total. The number of nitrogens with one attached hydrogen (secondary N) is 1. The summed E-state index contributed by atoms with van der Waals surface area (Å²) in [6.45, 7) is 8.48. The van der Waals surface area contributed by atoms with E-state index in [1.165, 1.54) is 12.8 Å². The molecule has 0 heterocycles. The first-order valence-corrected chi connectivity index (χ1v) is 7.33. The maximum atomic E-state index is 5.92. The molecule has 106 valence electrons. The molecule has 0 aliphatic heterocycles. The molecule has 2 rings (SSSR count). The molecular weight excluding hydrogens is 236 g/mol. The molecule has 1 fully saturated rings. The highest BCUT2D eigenvalue weighted by molar-refractivity contribution is 5.61. The molecule has 1 aliphatic rings. The predicted octanol–water partition coefficient (Wildman–Crippen LogP) is 3.91. The zero-order chi connectivity index (χ0) is 13.9. The molecule has 0 spiro atoms. The van der Waals surface area contributed by atoms with Crippen molar-refractivity contribution < 1.29 is 4.74 Å². The van der Waals surface area contributed by atoms with Crippen molar-refractivity contribution in [3.05, 3.63) is 18.2 Å². The summed E-state index contributed by atoms with van der Waals surface area (Å²) >= 11 is 0. The minimum atomic E-state index is 0.506. The Morgan fingerprint density at radius 2 is 2.11 bits per heavy atom. The number of anilines is 2. The topological polar surface area (TPSA) is 47.3 Å². The highest BCUT2D eigenvalue weighted by Gasteiger charge is 2.44. The van der Waals surface area contributed by atoms with Crippen molar-refractivity contribution in [2.45, 2.75) is 40.0 Å². The Balaban J connectivity index is 1.97. The Bertz CT molecular complexity index is 425. The SMILES string of the molecule is CCCOc1cc(NCC2(C(C)C)CC2)ccc1N. The van der Waals surface area contributed by atoms with Gasteiger partial charge in [0.05, 0.1) is 12.3 Å². The lowest BCUT2D eigenvalue weighted by atomic mass is 9.92. The molecule has 0 amide bonds. The van der Waals surface area contributed by atoms with E-state index in [1.807, 2.05) is 18.2 Å². The maximum absolute atomic E-state index is 5.92. The quantitative estimate of drug-likeness (QED) is 0.732. The van der Waals surface area contributed by atoms with Crippen LogP contribution < -0.4 is 15.8 Å². The van der Waals surface area contributed by atoms with E-state index < -0.39 is 0 Å². The van der Waals surface area contributed by atoms with Crippen LogP contribution in [0.3, 0.4) is 0 Å². The molecular formula is C16H26N2O. The van der Waals surface area contributed by atoms with Crippen LogP contribution in [0.4, 0.5) is 11.4 Å². The van der Waals surface area contributed by atoms with Crippen molar-refractivity contribution in [1.82, 2.24) is 0 Å². The fourth-order valence-electron chi connectivity index (χ4n) is 2.38. The van der Waals surface area contributed by atoms with E-state index in [9.17, 15) is 0 Å². The molecule has 3 nitrogen and oxygen atoms in total. The van der Waals surface area contributed by atoms with E-state index in [-0.39, 0.29) is 0 Å². The lowest BCUT2D eigenvalue weighted by Crippen LogP contribution is -2.20. The molecule has 3 heteroatoms. The minimum absolute atomic E-state index is 0.506. The van der Waals surface area contributed by atoms with Crippen LogP contribution in [0.25, 0.3) is 0 Å². The van der Waals surface area contributed by atoms with Crippen molar-refractivity contribution in [1.29, 1.82) is 0 Å². The first-order valence-electron chi connectivity index (χ1n) is 7.33. The first-order chi connectivity index (χ1) is 9.07. The van der Waals surface area contributed by atoms with Crippen LogP contribution in [-0.4, -0.2) is 13.2 Å². The Hall–Kier alpha value is -1.38. The van der Waals surface area contributed by atoms with Gasteiger partial charge in [0.25, 0.3) is 0 Å². The van der Waals surface area contributed by atoms with Crippen molar-refractivity contribution >= 4 is 11.4 Å². The number of nitrogen functional groups attached to an aromatic ring is 1. The lowest BCUT2D eigenvalue weighted by Gasteiger charge is -2.21. The summed E-state index contributed by atoms with van der Waals surface area (Å²) in [6.07, 6.45) is 3.67. The van der Waals surface area contributed by atoms with Gasteiger partial charge in [-0.15, -0.1) is 0 Å². The monoisotopic (exact) mass is 262 g/mol. The second-order valence-electron chi connectivity index (χ2n) is 5.97. The van der Waals surface area contributed by atoms with E-state index >= 15 is 0 Å². The molecule has 0 aromatic heterocycles. The van der Waals surface area contributed by atoms with Crippen LogP contribution in [0, 0.1) is 11.3 Å². The molecule has 0 unspecified atom stereocenters. The normalized spacial score (nSPS) is 16.4. The smallest absolute Gasteiger partial charge is 0.144 e. The molecule has 1 aliphatic carbocycles. The standard InChI is InChI=1S/C16H26N2O/c1-4-9-19-15-10-13(5-6-14(15)17)18-11-16(7-8-16)12(2)3/h5-6,10,12,18H,4,7-9,11,17H2,1-3H3. The number of nitrogens with two attached hydrogens (primary N) is 1. The Kier molecular flexibility index (Phi) is 4.23. The highest BCUT2D eigenvalue weighted by atomic mass is 16.5. The van der Waals surface area contributed by atoms with Crippen molar-refractivity contribution in [2.75, 3.05) is 24.2 Å². The average molecular weight is 262 g/mol. The van der Waals surface area contributed by atoms with Crippen LogP contribution in [0.1, 0.15) is 40.0 Å². The number of hydrogen-bond donors (Lipinski definition) is 2. The zero-order valence-corrected chi connectivity index (χ0v) is 12.3. The van der Waals surface area contributed by atoms with Gasteiger partial charge in [-0.3, -0.25) is 0 Å². The van der Waals surface area contributed by atoms with Gasteiger partial charge in [0.2, 0.25) is 0 Å². The van der Waals surface area contributed by atoms with Crippen LogP contribution in [0.2, 0.25) is 0 Å². The van der Waals surface area contributed by atoms with Gasteiger partial charge in [-0.1, -0.05) is 20.8 Å². The third-order valence-electron chi connectivity index (χ3n) is 4.24. The summed E-state index contributed by atoms with van der Waals surface area (Å²) in [7, 11) is 0. The molecule has 0 atom stereocenters. The highest BCUT2D eigenvalue weighted by Crippen LogP contribution is 2.51. The molecule has 0 bridgehead atoms. The maximum Gasteiger partial charge on any atom is 0.144 e. The van der Waals surface area contributed by atoms with Crippen molar-refractivity contribution in [2.24, 2.45) is 11.3 Å². The van der Waals surface area contributed by atoms with Gasteiger partial charge in [-0.2, -0.15) is 0 Å². The summed E-state index contributed by atoms with van der Waals surface area (Å²) in [5.41, 5.74) is 8.24. The fourth-order valence-corrected chi connectivity index (χ4v) is 2.38. The summed E-state index contributed by atoms with van der Waals surface area (Å²) in [4.78, 5) is 0. The van der Waals surface area contributed by atoms with E-state index in [0.717, 1.165) is 30.3 Å². The Labute approximate surface area is 116 Å². The van der Waals surface area contributed by atoms with Crippen LogP contribution in [-0.2, 0) is 0 Å². The summed E-state index contributed by atoms with van der Waals surface area (Å²) < 4.78 is 5.66. The van der Waals surface area contributed by atoms with E-state index in [1.54, 1.807) is 0 Å². The summed E-state index contributed by atoms with van der Waals surface area (Å²) in [5.74, 6) is 1.53. The fraction of sp³-hybridized carbons (Fsp3) is 0.625. The third kappa shape index (κ3) is 3.34. The van der Waals surface area contributed by atoms with Gasteiger partial charge in [0, 0.05) is 18.3 Å². The van der Waals surface area contributed by atoms with E-state index in [0.29, 0.717) is 17.7 Å². The molecule has 0 radical (unpaired) electrons. The molecule has 1 aromatic rings. The predicted molar refractivity (Wildman–Crippen MR) is 81.6 cm³/mol. The van der Waals surface area contributed by atoms with Gasteiger partial charge >= 0.3 is 0 Å². The average Bonchev–Trinajstić information content (AvgIpc) is 3.17. The second kappa shape index (κ2) is 5.72. The number of ether oxygens (including phenoxy) is 1. The molecule has 19 heavy (non-hydrogen) atoms. The lowest BCUT2D eigenvalue weighted by molar-refractivity contribution is 0.319. The van der Waals surface area contributed by atoms with Gasteiger partial charge in [0.15, 0.2) is 0 Å². The van der Waals surface area contributed by atoms with Crippen LogP contribution >= 0.6 is 0 Å². The Morgan fingerprint density at radius 1 is 1.37 bits per heavy atom. The Morgan fingerprint density at radius 3 is 2.68 bits per heavy atom.